The van der Waals surface area contributed by atoms with Gasteiger partial charge in [-0.3, -0.25) is 0 Å². The molecular formula is C10H20O. The van der Waals surface area contributed by atoms with E-state index in [0.29, 0.717) is 0 Å². The summed E-state index contributed by atoms with van der Waals surface area (Å²) in [6.45, 7) is 7.90. The van der Waals surface area contributed by atoms with E-state index in [1.807, 2.05) is 13.8 Å². The van der Waals surface area contributed by atoms with Crippen LogP contribution in [0.4, 0.5) is 0 Å². The average Bonchev–Trinajstić information content (AvgIpc) is 1.85. The normalized spacial score (nSPS) is 13.7. The highest BCUT2D eigenvalue weighted by Crippen LogP contribution is 2.14. The minimum atomic E-state index is -0.492. The highest BCUT2D eigenvalue weighted by atomic mass is 16.3. The van der Waals surface area contributed by atoms with Crippen LogP contribution < -0.4 is 0 Å². The molecule has 0 aromatic rings. The molecule has 1 heteroatoms. The first-order valence-corrected chi connectivity index (χ1v) is 4.30. The van der Waals surface area contributed by atoms with E-state index in [-0.39, 0.29) is 0 Å². The van der Waals surface area contributed by atoms with Crippen LogP contribution in [0.15, 0.2) is 11.6 Å². The second-order valence-corrected chi connectivity index (χ2v) is 3.80. The molecule has 1 N–H and O–H groups in total. The lowest BCUT2D eigenvalue weighted by Crippen LogP contribution is -2.17. The first-order chi connectivity index (χ1) is 4.95. The van der Waals surface area contributed by atoms with Gasteiger partial charge in [-0.15, -0.1) is 0 Å². The lowest BCUT2D eigenvalue weighted by atomic mass is 9.99. The van der Waals surface area contributed by atoms with Crippen molar-refractivity contribution >= 4 is 0 Å². The van der Waals surface area contributed by atoms with Crippen LogP contribution in [0.1, 0.15) is 47.0 Å². The van der Waals surface area contributed by atoms with Crippen molar-refractivity contribution in [1.82, 2.24) is 0 Å². The largest absolute Gasteiger partial charge is 0.390 e. The van der Waals surface area contributed by atoms with Crippen molar-refractivity contribution < 1.29 is 5.11 Å². The second kappa shape index (κ2) is 4.55. The zero-order chi connectivity index (χ0) is 8.91. The minimum Gasteiger partial charge on any atom is -0.390 e. The fourth-order valence-electron chi connectivity index (χ4n) is 0.944. The predicted molar refractivity (Wildman–Crippen MR) is 49.6 cm³/mol. The Bertz CT molecular complexity index is 128. The van der Waals surface area contributed by atoms with Crippen LogP contribution in [0.2, 0.25) is 0 Å². The molecule has 0 saturated carbocycles. The zero-order valence-corrected chi connectivity index (χ0v) is 8.15. The molecule has 11 heavy (non-hydrogen) atoms. The number of rotatable bonds is 4. The van der Waals surface area contributed by atoms with Crippen molar-refractivity contribution in [3.05, 3.63) is 11.6 Å². The van der Waals surface area contributed by atoms with Crippen molar-refractivity contribution in [3.8, 4) is 0 Å². The van der Waals surface area contributed by atoms with Gasteiger partial charge in [0.2, 0.25) is 0 Å². The maximum absolute atomic E-state index is 9.38. The first kappa shape index (κ1) is 10.7. The van der Waals surface area contributed by atoms with Crippen LogP contribution >= 0.6 is 0 Å². The summed E-state index contributed by atoms with van der Waals surface area (Å²) in [7, 11) is 0. The van der Waals surface area contributed by atoms with Gasteiger partial charge in [0.05, 0.1) is 5.60 Å². The maximum Gasteiger partial charge on any atom is 0.0591 e. The average molecular weight is 156 g/mol. The molecule has 0 heterocycles. The molecule has 0 rings (SSSR count). The Labute approximate surface area is 70.1 Å². The fourth-order valence-corrected chi connectivity index (χ4v) is 0.944. The summed E-state index contributed by atoms with van der Waals surface area (Å²) in [5, 5.41) is 9.38. The standard InChI is InChI=1S/C10H20O/c1-5-9(2)7-6-8-10(3,4)11/h5,11H,6-8H2,1-4H3. The summed E-state index contributed by atoms with van der Waals surface area (Å²) in [6.07, 6.45) is 5.21. The van der Waals surface area contributed by atoms with E-state index in [4.69, 9.17) is 0 Å². The van der Waals surface area contributed by atoms with Crippen LogP contribution in [-0.2, 0) is 0 Å². The van der Waals surface area contributed by atoms with Gasteiger partial charge in [0.15, 0.2) is 0 Å². The van der Waals surface area contributed by atoms with E-state index in [0.717, 1.165) is 19.3 Å². The van der Waals surface area contributed by atoms with Gasteiger partial charge in [-0.1, -0.05) is 11.6 Å². The number of hydrogen-bond acceptors (Lipinski definition) is 1. The predicted octanol–water partition coefficient (Wildman–Crippen LogP) is 2.89. The quantitative estimate of drug-likeness (QED) is 0.620. The zero-order valence-electron chi connectivity index (χ0n) is 8.15. The van der Waals surface area contributed by atoms with E-state index in [2.05, 4.69) is 19.9 Å². The number of aliphatic hydroxyl groups is 1. The van der Waals surface area contributed by atoms with Gasteiger partial charge in [0, 0.05) is 0 Å². The van der Waals surface area contributed by atoms with Crippen molar-refractivity contribution in [1.29, 1.82) is 0 Å². The smallest absolute Gasteiger partial charge is 0.0591 e. The van der Waals surface area contributed by atoms with Gasteiger partial charge in [-0.2, -0.15) is 0 Å². The highest BCUT2D eigenvalue weighted by molar-refractivity contribution is 4.95. The van der Waals surface area contributed by atoms with E-state index < -0.39 is 5.60 Å². The van der Waals surface area contributed by atoms with E-state index in [1.165, 1.54) is 5.57 Å². The molecule has 0 spiro atoms. The Morgan fingerprint density at radius 1 is 1.45 bits per heavy atom. The monoisotopic (exact) mass is 156 g/mol. The Hall–Kier alpha value is -0.300. The summed E-state index contributed by atoms with van der Waals surface area (Å²) < 4.78 is 0. The molecule has 0 amide bonds. The van der Waals surface area contributed by atoms with Crippen LogP contribution in [0.5, 0.6) is 0 Å². The summed E-state index contributed by atoms with van der Waals surface area (Å²) in [5.74, 6) is 0. The van der Waals surface area contributed by atoms with E-state index in [9.17, 15) is 5.11 Å². The molecule has 0 aromatic heterocycles. The second-order valence-electron chi connectivity index (χ2n) is 3.80. The third-order valence-corrected chi connectivity index (χ3v) is 1.85. The summed E-state index contributed by atoms with van der Waals surface area (Å²) in [4.78, 5) is 0. The van der Waals surface area contributed by atoms with Crippen LogP contribution in [0.25, 0.3) is 0 Å². The third-order valence-electron chi connectivity index (χ3n) is 1.85. The Morgan fingerprint density at radius 3 is 2.36 bits per heavy atom. The molecule has 0 saturated heterocycles. The summed E-state index contributed by atoms with van der Waals surface area (Å²) in [5.41, 5.74) is 0.919. The lowest BCUT2D eigenvalue weighted by molar-refractivity contribution is 0.0689. The molecule has 66 valence electrons. The molecule has 0 bridgehead atoms. The maximum atomic E-state index is 9.38. The van der Waals surface area contributed by atoms with Crippen LogP contribution in [0.3, 0.4) is 0 Å². The van der Waals surface area contributed by atoms with Gasteiger partial charge in [0.25, 0.3) is 0 Å². The highest BCUT2D eigenvalue weighted by Gasteiger charge is 2.10. The molecule has 0 atom stereocenters. The van der Waals surface area contributed by atoms with E-state index in [1.54, 1.807) is 0 Å². The van der Waals surface area contributed by atoms with Crippen molar-refractivity contribution in [3.63, 3.8) is 0 Å². The fraction of sp³-hybridized carbons (Fsp3) is 0.800. The van der Waals surface area contributed by atoms with Gasteiger partial charge >= 0.3 is 0 Å². The molecule has 0 aliphatic carbocycles. The third kappa shape index (κ3) is 7.60. The topological polar surface area (TPSA) is 20.2 Å². The first-order valence-electron chi connectivity index (χ1n) is 4.30. The molecule has 0 radical (unpaired) electrons. The summed E-state index contributed by atoms with van der Waals surface area (Å²) in [6, 6.07) is 0. The minimum absolute atomic E-state index is 0.492. The van der Waals surface area contributed by atoms with Crippen LogP contribution in [-0.4, -0.2) is 10.7 Å². The molecule has 0 fully saturated rings. The SMILES string of the molecule is CC=C(C)CCCC(C)(C)O. The van der Waals surface area contributed by atoms with Gasteiger partial charge in [0.1, 0.15) is 0 Å². The van der Waals surface area contributed by atoms with Crippen molar-refractivity contribution in [2.75, 3.05) is 0 Å². The molecule has 1 nitrogen and oxygen atoms in total. The Balaban J connectivity index is 3.43. The van der Waals surface area contributed by atoms with Gasteiger partial charge < -0.3 is 5.11 Å². The molecular weight excluding hydrogens is 136 g/mol. The number of hydrogen-bond donors (Lipinski definition) is 1. The van der Waals surface area contributed by atoms with Crippen molar-refractivity contribution in [2.24, 2.45) is 0 Å². The van der Waals surface area contributed by atoms with Gasteiger partial charge in [-0.25, -0.2) is 0 Å². The number of allylic oxidation sites excluding steroid dienone is 2. The Kier molecular flexibility index (Phi) is 4.43. The molecule has 0 unspecified atom stereocenters. The molecule has 0 aliphatic rings. The van der Waals surface area contributed by atoms with E-state index >= 15 is 0 Å². The molecule has 0 aromatic carbocycles. The molecule has 0 aliphatic heterocycles. The van der Waals surface area contributed by atoms with Crippen molar-refractivity contribution in [2.45, 2.75) is 52.6 Å². The lowest BCUT2D eigenvalue weighted by Gasteiger charge is -2.16. The Morgan fingerprint density at radius 2 is 2.00 bits per heavy atom. The van der Waals surface area contributed by atoms with Gasteiger partial charge in [-0.05, 0) is 47.0 Å². The van der Waals surface area contributed by atoms with Crippen LogP contribution in [0, 0.1) is 0 Å². The summed E-state index contributed by atoms with van der Waals surface area (Å²) >= 11 is 0.